The molecule has 1 aliphatic heterocycles. The number of quaternary nitrogens is 1. The number of nitrogens with zero attached hydrogens (tertiary/aromatic N) is 1. The number of carboxylic acid groups (broad SMARTS) is 1. The Labute approximate surface area is 161 Å². The zero-order chi connectivity index (χ0) is 18.4. The molecule has 2 aromatic rings. The van der Waals surface area contributed by atoms with Gasteiger partial charge in [0.1, 0.15) is 17.5 Å². The van der Waals surface area contributed by atoms with Gasteiger partial charge >= 0.3 is 6.09 Å². The summed E-state index contributed by atoms with van der Waals surface area (Å²) in [5.74, 6) is 0.637. The van der Waals surface area contributed by atoms with E-state index in [2.05, 4.69) is 0 Å². The molecule has 0 radical (unpaired) electrons. The van der Waals surface area contributed by atoms with Crippen LogP contribution in [0.15, 0.2) is 41.3 Å². The molecule has 0 aliphatic carbocycles. The van der Waals surface area contributed by atoms with Gasteiger partial charge in [0.05, 0.1) is 11.9 Å². The van der Waals surface area contributed by atoms with Gasteiger partial charge in [0, 0.05) is 28.1 Å². The summed E-state index contributed by atoms with van der Waals surface area (Å²) in [5, 5.41) is 10.9. The van der Waals surface area contributed by atoms with Crippen molar-refractivity contribution >= 4 is 46.9 Å². The molecule has 1 atom stereocenters. The van der Waals surface area contributed by atoms with Crippen LogP contribution in [0.5, 0.6) is 5.75 Å². The number of fused-ring (bicyclic) bond motifs is 1. The Morgan fingerprint density at radius 2 is 1.88 bits per heavy atom. The van der Waals surface area contributed by atoms with Crippen LogP contribution in [-0.2, 0) is 6.42 Å². The van der Waals surface area contributed by atoms with Crippen molar-refractivity contribution in [2.45, 2.75) is 30.8 Å². The second-order valence-corrected chi connectivity index (χ2v) is 8.96. The number of ether oxygens (including phenoxy) is 1. The maximum absolute atomic E-state index is 12.2. The Kier molecular flexibility index (Phi) is 4.71. The number of amides is 1. The number of para-hydroxylation sites is 1. The number of halogens is 2. The molecule has 1 unspecified atom stereocenters. The monoisotopic (exact) mass is 398 g/mol. The normalized spacial score (nSPS) is 17.5. The van der Waals surface area contributed by atoms with Crippen LogP contribution in [-0.4, -0.2) is 23.8 Å². The largest absolute Gasteiger partial charge is 0.530 e. The highest BCUT2D eigenvalue weighted by atomic mass is 35.5. The first-order valence-corrected chi connectivity index (χ1v) is 9.21. The summed E-state index contributed by atoms with van der Waals surface area (Å²) in [7, 11) is 1.62. The van der Waals surface area contributed by atoms with E-state index in [1.807, 2.05) is 26.0 Å². The predicted molar refractivity (Wildman–Crippen MR) is 103 cm³/mol. The first-order valence-electron chi connectivity index (χ1n) is 7.68. The molecule has 132 valence electrons. The van der Waals surface area contributed by atoms with E-state index in [0.717, 1.165) is 23.9 Å². The lowest BCUT2D eigenvalue weighted by Gasteiger charge is -2.27. The fourth-order valence-corrected chi connectivity index (χ4v) is 4.68. The molecule has 1 aliphatic rings. The molecule has 0 fully saturated rings. The van der Waals surface area contributed by atoms with Crippen molar-refractivity contribution in [3.05, 3.63) is 52.0 Å². The lowest BCUT2D eigenvalue weighted by molar-refractivity contribution is 0.136. The smallest absolute Gasteiger partial charge is 0.481 e. The Morgan fingerprint density at radius 1 is 1.24 bits per heavy atom. The first kappa shape index (κ1) is 18.4. The third-order valence-corrected chi connectivity index (χ3v) is 5.62. The molecular formula is C18H18Cl2NO3S+. The molecule has 25 heavy (non-hydrogen) atoms. The van der Waals surface area contributed by atoms with Crippen LogP contribution in [0.2, 0.25) is 10.0 Å². The summed E-state index contributed by atoms with van der Waals surface area (Å²) in [6, 6.07) is 10.6. The Bertz CT molecular complexity index is 836. The fourth-order valence-electron chi connectivity index (χ4n) is 2.92. The van der Waals surface area contributed by atoms with Crippen LogP contribution in [0, 0.1) is 0 Å². The van der Waals surface area contributed by atoms with E-state index in [1.165, 1.54) is 0 Å². The topological polar surface area (TPSA) is 46.5 Å². The second kappa shape index (κ2) is 6.40. The summed E-state index contributed by atoms with van der Waals surface area (Å²) < 4.78 is 5.63. The van der Waals surface area contributed by atoms with Gasteiger partial charge in [-0.3, -0.25) is 0 Å². The highest BCUT2D eigenvalue weighted by molar-refractivity contribution is 7.99. The van der Waals surface area contributed by atoms with Crippen LogP contribution in [0.3, 0.4) is 0 Å². The molecule has 0 spiro atoms. The SMILES string of the molecule is CC1(C)Cc2cccc([N+](C)(Sc3cc(Cl)cc(Cl)c3)C(=O)O)c2O1. The lowest BCUT2D eigenvalue weighted by Crippen LogP contribution is -2.43. The molecule has 4 nitrogen and oxygen atoms in total. The third-order valence-electron chi connectivity index (χ3n) is 4.02. The molecular weight excluding hydrogens is 381 g/mol. The average Bonchev–Trinajstić information content (AvgIpc) is 2.79. The van der Waals surface area contributed by atoms with Crippen LogP contribution in [0.4, 0.5) is 10.5 Å². The number of carbonyl (C=O) groups is 1. The Hall–Kier alpha value is -1.40. The Balaban J connectivity index is 2.08. The summed E-state index contributed by atoms with van der Waals surface area (Å²) >= 11 is 13.3. The average molecular weight is 399 g/mol. The van der Waals surface area contributed by atoms with Crippen LogP contribution < -0.4 is 8.63 Å². The van der Waals surface area contributed by atoms with E-state index in [4.69, 9.17) is 27.9 Å². The molecule has 1 N–H and O–H groups in total. The van der Waals surface area contributed by atoms with Crippen molar-refractivity contribution < 1.29 is 14.6 Å². The maximum Gasteiger partial charge on any atom is 0.530 e. The van der Waals surface area contributed by atoms with E-state index in [1.54, 1.807) is 31.3 Å². The molecule has 0 saturated carbocycles. The summed E-state index contributed by atoms with van der Waals surface area (Å²) in [6.07, 6.45) is -0.272. The number of benzene rings is 2. The van der Waals surface area contributed by atoms with Crippen molar-refractivity contribution in [2.24, 2.45) is 0 Å². The lowest BCUT2D eigenvalue weighted by atomic mass is 10.0. The quantitative estimate of drug-likeness (QED) is 0.506. The van der Waals surface area contributed by atoms with Crippen molar-refractivity contribution in [1.82, 2.24) is 3.89 Å². The van der Waals surface area contributed by atoms with Gasteiger partial charge in [-0.2, -0.15) is 4.79 Å². The summed E-state index contributed by atoms with van der Waals surface area (Å²) in [6.45, 7) is 3.98. The van der Waals surface area contributed by atoms with Crippen molar-refractivity contribution in [2.75, 3.05) is 7.05 Å². The molecule has 2 aromatic carbocycles. The highest BCUT2D eigenvalue weighted by Crippen LogP contribution is 2.48. The van der Waals surface area contributed by atoms with E-state index in [9.17, 15) is 9.90 Å². The molecule has 0 saturated heterocycles. The third kappa shape index (κ3) is 3.60. The number of rotatable bonds is 3. The van der Waals surface area contributed by atoms with Crippen LogP contribution >= 0.6 is 35.1 Å². The van der Waals surface area contributed by atoms with Gasteiger partial charge in [0.15, 0.2) is 11.4 Å². The minimum atomic E-state index is -1.01. The van der Waals surface area contributed by atoms with Gasteiger partial charge in [-0.15, -0.1) is 3.89 Å². The number of hydrogen-bond donors (Lipinski definition) is 1. The zero-order valence-corrected chi connectivity index (χ0v) is 16.4. The fraction of sp³-hybridized carbons (Fsp3) is 0.278. The van der Waals surface area contributed by atoms with Crippen molar-refractivity contribution in [1.29, 1.82) is 0 Å². The number of hydrogen-bond acceptors (Lipinski definition) is 3. The van der Waals surface area contributed by atoms with E-state index in [-0.39, 0.29) is 5.60 Å². The van der Waals surface area contributed by atoms with E-state index in [0.29, 0.717) is 26.4 Å². The van der Waals surface area contributed by atoms with Crippen LogP contribution in [0.1, 0.15) is 19.4 Å². The summed E-state index contributed by atoms with van der Waals surface area (Å²) in [5.41, 5.74) is 1.24. The van der Waals surface area contributed by atoms with Gasteiger partial charge in [-0.1, -0.05) is 35.3 Å². The van der Waals surface area contributed by atoms with Gasteiger partial charge in [0.25, 0.3) is 0 Å². The van der Waals surface area contributed by atoms with Gasteiger partial charge in [-0.05, 0) is 32.0 Å². The first-order chi connectivity index (χ1) is 11.6. The zero-order valence-electron chi connectivity index (χ0n) is 14.0. The second-order valence-electron chi connectivity index (χ2n) is 6.71. The van der Waals surface area contributed by atoms with Crippen LogP contribution in [0.25, 0.3) is 0 Å². The molecule has 1 amide bonds. The van der Waals surface area contributed by atoms with Gasteiger partial charge < -0.3 is 9.84 Å². The molecule has 7 heteroatoms. The standard InChI is InChI=1S/C18H17Cl2NO3S/c1-18(2)10-11-5-4-6-15(16(11)24-18)21(3,17(22)23)25-14-8-12(19)7-13(20)9-14/h4-9H,10H2,1-3H3/p+1. The maximum atomic E-state index is 12.2. The summed E-state index contributed by atoms with van der Waals surface area (Å²) in [4.78, 5) is 12.9. The minimum Gasteiger partial charge on any atom is -0.481 e. The van der Waals surface area contributed by atoms with Gasteiger partial charge in [0.2, 0.25) is 0 Å². The Morgan fingerprint density at radius 3 is 2.48 bits per heavy atom. The molecule has 0 bridgehead atoms. The van der Waals surface area contributed by atoms with Gasteiger partial charge in [-0.25, -0.2) is 0 Å². The van der Waals surface area contributed by atoms with Crippen molar-refractivity contribution in [3.8, 4) is 5.75 Å². The predicted octanol–water partition coefficient (Wildman–Crippen LogP) is 6.03. The van der Waals surface area contributed by atoms with E-state index >= 15 is 0 Å². The van der Waals surface area contributed by atoms with E-state index < -0.39 is 9.98 Å². The molecule has 1 heterocycles. The highest BCUT2D eigenvalue weighted by Gasteiger charge is 2.44. The molecule has 0 aromatic heterocycles. The van der Waals surface area contributed by atoms with Crippen molar-refractivity contribution in [3.63, 3.8) is 0 Å². The molecule has 3 rings (SSSR count). The minimum absolute atomic E-state index is 0.355.